The predicted octanol–water partition coefficient (Wildman–Crippen LogP) is 23.0. The van der Waals surface area contributed by atoms with Crippen LogP contribution in [0.1, 0.15) is 159 Å². The van der Waals surface area contributed by atoms with Crippen LogP contribution in [0.15, 0.2) is 266 Å². The van der Waals surface area contributed by atoms with Crippen LogP contribution in [0.3, 0.4) is 0 Å². The molecule has 6 aromatic carbocycles. The Hall–Kier alpha value is -8.90. The lowest BCUT2D eigenvalue weighted by atomic mass is 9.68. The van der Waals surface area contributed by atoms with Gasteiger partial charge in [-0.25, -0.2) is 0 Å². The summed E-state index contributed by atoms with van der Waals surface area (Å²) in [4.78, 5) is 2.52. The van der Waals surface area contributed by atoms with Crippen LogP contribution in [0.25, 0.3) is 45.4 Å². The van der Waals surface area contributed by atoms with Gasteiger partial charge in [0.2, 0.25) is 0 Å². The number of anilines is 3. The fourth-order valence-electron chi connectivity index (χ4n) is 17.7. The number of unbranched alkanes of at least 4 members (excludes halogenated alkanes) is 3. The number of hydrogen-bond donors (Lipinski definition) is 0. The van der Waals surface area contributed by atoms with Crippen LogP contribution in [0.5, 0.6) is 5.75 Å². The molecule has 0 saturated heterocycles. The number of fused-ring (bicyclic) bond motifs is 6. The summed E-state index contributed by atoms with van der Waals surface area (Å²) < 4.78 is 21.5. The fourth-order valence-corrected chi connectivity index (χ4v) is 17.7. The van der Waals surface area contributed by atoms with E-state index in [4.69, 9.17) is 14.2 Å². The SMILES string of the molecule is C=CC1=CC=C(OCC(C)CCC2CC3(c4ccccc4)c4cc(N(c5ccc(C6=CC=CCC6)cc5)c5ccc(-c6ccc7c(c6)c6c(n7-c7ccc(OCCCCCCOC8CC=C(C=C)CC8)cc7)=CCC(C7=CCC(C(C)(C)C)C=C7)C=6)cc5)ccc4C4C=CC=C2C43)CC1. The van der Waals surface area contributed by atoms with Gasteiger partial charge in [-0.2, -0.15) is 0 Å². The van der Waals surface area contributed by atoms with Crippen molar-refractivity contribution >= 4 is 45.7 Å². The van der Waals surface area contributed by atoms with Crippen molar-refractivity contribution in [1.29, 1.82) is 0 Å². The molecular weight excluding hydrogens is 1210 g/mol. The highest BCUT2D eigenvalue weighted by Gasteiger charge is 2.60. The van der Waals surface area contributed by atoms with E-state index in [1.807, 2.05) is 12.2 Å². The summed E-state index contributed by atoms with van der Waals surface area (Å²) >= 11 is 0. The van der Waals surface area contributed by atoms with Crippen LogP contribution >= 0.6 is 0 Å². The van der Waals surface area contributed by atoms with Crippen molar-refractivity contribution in [2.24, 2.45) is 35.0 Å². The molecule has 8 unspecified atom stereocenters. The average molecular weight is 1310 g/mol. The molecule has 0 bridgehead atoms. The van der Waals surface area contributed by atoms with Gasteiger partial charge in [-0.05, 0) is 242 Å². The van der Waals surface area contributed by atoms with Gasteiger partial charge in [-0.15, -0.1) is 0 Å². The molecule has 5 heteroatoms. The maximum Gasteiger partial charge on any atom is 0.119 e. The molecule has 1 aromatic heterocycles. The minimum Gasteiger partial charge on any atom is -0.498 e. The number of aromatic nitrogens is 1. The Labute approximate surface area is 589 Å². The molecule has 1 saturated carbocycles. The third-order valence-corrected chi connectivity index (χ3v) is 23.3. The van der Waals surface area contributed by atoms with Gasteiger partial charge < -0.3 is 23.7 Å². The monoisotopic (exact) mass is 1300 g/mol. The topological polar surface area (TPSA) is 35.9 Å². The Balaban J connectivity index is 0.726. The zero-order valence-electron chi connectivity index (χ0n) is 59.0. The first-order valence-electron chi connectivity index (χ1n) is 37.5. The summed E-state index contributed by atoms with van der Waals surface area (Å²) in [6.07, 6.45) is 54.7. The van der Waals surface area contributed by atoms with Crippen molar-refractivity contribution in [1.82, 2.24) is 4.57 Å². The van der Waals surface area contributed by atoms with E-state index in [-0.39, 0.29) is 10.8 Å². The first-order chi connectivity index (χ1) is 48.5. The highest BCUT2D eigenvalue weighted by Crippen LogP contribution is 2.68. The Morgan fingerprint density at radius 1 is 0.677 bits per heavy atom. The van der Waals surface area contributed by atoms with E-state index in [1.165, 1.54) is 82.8 Å². The van der Waals surface area contributed by atoms with E-state index in [0.29, 0.717) is 48.2 Å². The average Bonchev–Trinajstić information content (AvgIpc) is 1.52. The molecule has 8 atom stereocenters. The van der Waals surface area contributed by atoms with Crippen molar-refractivity contribution in [3.63, 3.8) is 0 Å². The molecular formula is C94H100N2O3. The van der Waals surface area contributed by atoms with Gasteiger partial charge in [0, 0.05) is 74.9 Å². The van der Waals surface area contributed by atoms with E-state index in [0.717, 1.165) is 145 Å². The van der Waals surface area contributed by atoms with Gasteiger partial charge in [0.1, 0.15) is 5.75 Å². The van der Waals surface area contributed by atoms with E-state index in [1.54, 1.807) is 5.57 Å². The van der Waals surface area contributed by atoms with Crippen LogP contribution in [0, 0.1) is 35.0 Å². The third-order valence-electron chi connectivity index (χ3n) is 23.3. The van der Waals surface area contributed by atoms with Crippen molar-refractivity contribution < 1.29 is 14.2 Å². The largest absolute Gasteiger partial charge is 0.498 e. The standard InChI is InChI=1S/C94H100N2O3/c1-7-66-27-49-81(50-28-66)97-58-17-9-10-18-59-98-82-53-46-79(47-54-82)96-90-56-38-72(70-32-40-75(41-33-70)93(4,5)6)60-87(90)88-61-73(39-57-91(88)96)71-36-44-78(45-37-71)95(77-42-34-69(35-43-77)68-20-13-11-14-21-68)80-48-55-85-86-25-19-24-84-74(31-26-65(3)64-99-83-51-29-67(8-2)30-52-83)63-94(92(84)86,89(85)62-80)76-22-15-12-16-23-76/h7-8,11-13,15-16,19-20,22-25,27,29,32-37,39-40,42-48,51,53-57,60-62,65,72,74-75,81,86,92H,1-2,9-10,14,17-18,21,26,28,30-31,38,41,49-50,52,58-59,63-64H2,3-6H3. The molecule has 0 amide bonds. The van der Waals surface area contributed by atoms with Gasteiger partial charge >= 0.3 is 0 Å². The van der Waals surface area contributed by atoms with Gasteiger partial charge in [0.25, 0.3) is 0 Å². The summed E-state index contributed by atoms with van der Waals surface area (Å²) in [6, 6.07) is 53.9. The maximum absolute atomic E-state index is 6.46. The summed E-state index contributed by atoms with van der Waals surface area (Å²) in [7, 11) is 0. The second kappa shape index (κ2) is 29.1. The highest BCUT2D eigenvalue weighted by atomic mass is 16.5. The number of nitrogens with zero attached hydrogens (tertiary/aromatic N) is 2. The molecule has 504 valence electrons. The van der Waals surface area contributed by atoms with E-state index in [2.05, 4.69) is 275 Å². The molecule has 8 aliphatic carbocycles. The van der Waals surface area contributed by atoms with E-state index >= 15 is 0 Å². The summed E-state index contributed by atoms with van der Waals surface area (Å²) in [5, 5.41) is 3.86. The minimum atomic E-state index is -0.163. The smallest absolute Gasteiger partial charge is 0.119 e. The predicted molar refractivity (Wildman–Crippen MR) is 415 cm³/mol. The van der Waals surface area contributed by atoms with Gasteiger partial charge in [0.15, 0.2) is 0 Å². The summed E-state index contributed by atoms with van der Waals surface area (Å²) in [6.45, 7) is 19.7. The summed E-state index contributed by atoms with van der Waals surface area (Å²) in [5.41, 5.74) is 21.1. The quantitative estimate of drug-likeness (QED) is 0.0535. The molecule has 8 aliphatic rings. The number of allylic oxidation sites excluding steroid dienone is 19. The molecule has 1 fully saturated rings. The zero-order chi connectivity index (χ0) is 67.5. The lowest BCUT2D eigenvalue weighted by Crippen LogP contribution is -2.32. The Morgan fingerprint density at radius 3 is 2.17 bits per heavy atom. The molecule has 15 rings (SSSR count). The molecule has 1 heterocycles. The Morgan fingerprint density at radius 2 is 1.45 bits per heavy atom. The zero-order valence-corrected chi connectivity index (χ0v) is 59.0. The second-order valence-electron chi connectivity index (χ2n) is 30.6. The summed E-state index contributed by atoms with van der Waals surface area (Å²) in [5.74, 6) is 4.49. The number of rotatable bonds is 25. The van der Waals surface area contributed by atoms with E-state index < -0.39 is 0 Å². The van der Waals surface area contributed by atoms with Crippen molar-refractivity contribution in [2.75, 3.05) is 24.7 Å². The van der Waals surface area contributed by atoms with Crippen LogP contribution in [-0.4, -0.2) is 30.5 Å². The van der Waals surface area contributed by atoms with Crippen molar-refractivity contribution in [3.8, 4) is 22.6 Å². The molecule has 0 N–H and O–H groups in total. The maximum atomic E-state index is 6.46. The van der Waals surface area contributed by atoms with Crippen LogP contribution in [0.4, 0.5) is 17.1 Å². The number of benzene rings is 6. The van der Waals surface area contributed by atoms with Gasteiger partial charge in [-0.3, -0.25) is 0 Å². The molecule has 7 aromatic rings. The van der Waals surface area contributed by atoms with Crippen LogP contribution in [0.2, 0.25) is 0 Å². The molecule has 0 radical (unpaired) electrons. The minimum absolute atomic E-state index is 0.163. The van der Waals surface area contributed by atoms with E-state index in [9.17, 15) is 0 Å². The fraction of sp³-hybridized carbons (Fsp3) is 0.340. The molecule has 0 aliphatic heterocycles. The lowest BCUT2D eigenvalue weighted by molar-refractivity contribution is 0.0442. The lowest BCUT2D eigenvalue weighted by Gasteiger charge is -2.34. The Kier molecular flexibility index (Phi) is 19.4. The molecule has 99 heavy (non-hydrogen) atoms. The first-order valence-corrected chi connectivity index (χ1v) is 37.5. The second-order valence-corrected chi connectivity index (χ2v) is 30.6. The number of hydrogen-bond acceptors (Lipinski definition) is 4. The molecule has 0 spiro atoms. The number of ether oxygens (including phenoxy) is 3. The van der Waals surface area contributed by atoms with Gasteiger partial charge in [0.05, 0.1) is 30.6 Å². The van der Waals surface area contributed by atoms with Crippen LogP contribution < -0.4 is 20.2 Å². The third kappa shape index (κ3) is 13.7. The first kappa shape index (κ1) is 66.0. The highest BCUT2D eigenvalue weighted by molar-refractivity contribution is 5.90. The van der Waals surface area contributed by atoms with Gasteiger partial charge in [-0.1, -0.05) is 216 Å². The normalized spacial score (nSPS) is 23.0. The Bertz CT molecular complexity index is 4570. The molecule has 5 nitrogen and oxygen atoms in total. The van der Waals surface area contributed by atoms with Crippen molar-refractivity contribution in [2.45, 2.75) is 148 Å². The van der Waals surface area contributed by atoms with Crippen LogP contribution in [-0.2, 0) is 14.9 Å². The van der Waals surface area contributed by atoms with Crippen molar-refractivity contribution in [3.05, 3.63) is 299 Å².